The fourth-order valence-corrected chi connectivity index (χ4v) is 4.62. The normalized spacial score (nSPS) is 19.2. The first-order chi connectivity index (χ1) is 8.16. The molecule has 1 saturated heterocycles. The van der Waals surface area contributed by atoms with Gasteiger partial charge in [0.1, 0.15) is 15.0 Å². The molecule has 2 amide bonds. The lowest BCUT2D eigenvalue weighted by Gasteiger charge is -2.01. The zero-order valence-electron chi connectivity index (χ0n) is 8.54. The van der Waals surface area contributed by atoms with E-state index in [0.717, 1.165) is 31.0 Å². The van der Waals surface area contributed by atoms with Crippen LogP contribution in [0.2, 0.25) is 0 Å². The van der Waals surface area contributed by atoms with Gasteiger partial charge in [-0.1, -0.05) is 23.5 Å². The van der Waals surface area contributed by atoms with Crippen molar-refractivity contribution in [1.82, 2.24) is 14.9 Å². The van der Waals surface area contributed by atoms with Crippen molar-refractivity contribution in [2.45, 2.75) is 10.1 Å². The monoisotopic (exact) mass is 283 g/mol. The number of fused-ring (bicyclic) bond motifs is 1. The van der Waals surface area contributed by atoms with E-state index in [1.54, 1.807) is 12.4 Å². The van der Waals surface area contributed by atoms with E-state index in [9.17, 15) is 9.59 Å². The van der Waals surface area contributed by atoms with Gasteiger partial charge in [0.25, 0.3) is 11.1 Å². The summed E-state index contributed by atoms with van der Waals surface area (Å²) in [5, 5.41) is 1.33. The van der Waals surface area contributed by atoms with E-state index < -0.39 is 0 Å². The summed E-state index contributed by atoms with van der Waals surface area (Å²) < 4.78 is 0.791. The van der Waals surface area contributed by atoms with Gasteiger partial charge in [0.15, 0.2) is 0 Å². The number of carbonyl (C=O) groups is 2. The summed E-state index contributed by atoms with van der Waals surface area (Å²) in [6.45, 7) is 0. The molecule has 3 heterocycles. The number of imide groups is 1. The number of amides is 2. The van der Waals surface area contributed by atoms with Crippen LogP contribution >= 0.6 is 35.3 Å². The summed E-state index contributed by atoms with van der Waals surface area (Å²) in [6.07, 6.45) is 3.22. The summed E-state index contributed by atoms with van der Waals surface area (Å²) in [6, 6.07) is 0. The summed E-state index contributed by atoms with van der Waals surface area (Å²) in [5.74, 6) is -0.247. The molecule has 1 aromatic rings. The van der Waals surface area contributed by atoms with Crippen molar-refractivity contribution in [3.8, 4) is 0 Å². The number of rotatable bonds is 0. The average molecular weight is 283 g/mol. The zero-order valence-corrected chi connectivity index (χ0v) is 11.0. The number of thioether (sulfide) groups is 3. The second kappa shape index (κ2) is 4.04. The minimum absolute atomic E-state index is 0.240. The molecule has 0 aliphatic carbocycles. The fraction of sp³-hybridized carbons (Fsp3) is 0.111. The van der Waals surface area contributed by atoms with E-state index in [1.165, 1.54) is 30.6 Å². The van der Waals surface area contributed by atoms with Gasteiger partial charge in [0.2, 0.25) is 0 Å². The fourth-order valence-electron chi connectivity index (χ4n) is 1.31. The Morgan fingerprint density at radius 2 is 1.65 bits per heavy atom. The number of aromatic nitrogens is 2. The van der Waals surface area contributed by atoms with E-state index in [1.807, 2.05) is 0 Å². The molecule has 0 spiro atoms. The van der Waals surface area contributed by atoms with Crippen molar-refractivity contribution in [2.75, 3.05) is 7.05 Å². The van der Waals surface area contributed by atoms with E-state index in [4.69, 9.17) is 0 Å². The van der Waals surface area contributed by atoms with Gasteiger partial charge in [0.05, 0.1) is 4.24 Å². The first kappa shape index (κ1) is 11.1. The Morgan fingerprint density at radius 3 is 2.12 bits per heavy atom. The van der Waals surface area contributed by atoms with Gasteiger partial charge < -0.3 is 0 Å². The molecule has 2 aliphatic rings. The van der Waals surface area contributed by atoms with Crippen LogP contribution in [0, 0.1) is 0 Å². The smallest absolute Gasteiger partial charge is 0.272 e. The van der Waals surface area contributed by atoms with Crippen LogP contribution in [0.15, 0.2) is 31.6 Å². The molecule has 0 saturated carbocycles. The van der Waals surface area contributed by atoms with Gasteiger partial charge in [-0.25, -0.2) is 9.97 Å². The molecular weight excluding hydrogens is 278 g/mol. The third-order valence-corrected chi connectivity index (χ3v) is 5.84. The van der Waals surface area contributed by atoms with Gasteiger partial charge in [0, 0.05) is 19.4 Å². The molecule has 8 heteroatoms. The lowest BCUT2D eigenvalue weighted by atomic mass is 10.5. The SMILES string of the molecule is CN1C(=O)SC(=C2Sc3nccnc3S2)C1=O. The number of hydrogen-bond donors (Lipinski definition) is 0. The molecule has 17 heavy (non-hydrogen) atoms. The Labute approximate surface area is 109 Å². The molecule has 0 bridgehead atoms. The Hall–Kier alpha value is -0.990. The Morgan fingerprint density at radius 1 is 1.06 bits per heavy atom. The van der Waals surface area contributed by atoms with Crippen LogP contribution in [0.4, 0.5) is 4.79 Å². The highest BCUT2D eigenvalue weighted by molar-refractivity contribution is 8.27. The Kier molecular flexibility index (Phi) is 2.64. The maximum atomic E-state index is 11.8. The molecule has 0 N–H and O–H groups in total. The van der Waals surface area contributed by atoms with Crippen LogP contribution in [-0.4, -0.2) is 33.1 Å². The molecule has 1 aromatic heterocycles. The van der Waals surface area contributed by atoms with Gasteiger partial charge in [-0.15, -0.1) is 0 Å². The standard InChI is InChI=1S/C9H5N3O2S3/c1-12-7(13)4(15-9(12)14)8-16-5-6(17-8)11-3-2-10-5/h2-3H,1H3. The highest BCUT2D eigenvalue weighted by atomic mass is 32.2. The minimum Gasteiger partial charge on any atom is -0.272 e. The van der Waals surface area contributed by atoms with Crippen molar-refractivity contribution in [2.24, 2.45) is 0 Å². The van der Waals surface area contributed by atoms with Gasteiger partial charge in [-0.05, 0) is 11.8 Å². The predicted molar refractivity (Wildman–Crippen MR) is 66.5 cm³/mol. The summed E-state index contributed by atoms with van der Waals surface area (Å²) >= 11 is 3.75. The van der Waals surface area contributed by atoms with Crippen molar-refractivity contribution in [3.05, 3.63) is 21.5 Å². The van der Waals surface area contributed by atoms with E-state index in [2.05, 4.69) is 9.97 Å². The minimum atomic E-state index is -0.247. The Bertz CT molecular complexity index is 545. The number of nitrogens with zero attached hydrogens (tertiary/aromatic N) is 3. The summed E-state index contributed by atoms with van der Waals surface area (Å²) in [7, 11) is 1.49. The number of likely N-dealkylation sites (N-methyl/N-ethyl adjacent to an activating group) is 1. The summed E-state index contributed by atoms with van der Waals surface area (Å²) in [4.78, 5) is 33.2. The largest absolute Gasteiger partial charge is 0.293 e. The molecule has 0 radical (unpaired) electrons. The average Bonchev–Trinajstić information content (AvgIpc) is 2.86. The quantitative estimate of drug-likeness (QED) is 0.676. The zero-order chi connectivity index (χ0) is 12.0. The second-order valence-electron chi connectivity index (χ2n) is 3.22. The Balaban J connectivity index is 1.99. The van der Waals surface area contributed by atoms with Crippen molar-refractivity contribution < 1.29 is 9.59 Å². The molecule has 3 rings (SSSR count). The van der Waals surface area contributed by atoms with E-state index in [0.29, 0.717) is 4.91 Å². The highest BCUT2D eigenvalue weighted by Crippen LogP contribution is 2.53. The van der Waals surface area contributed by atoms with Crippen molar-refractivity contribution >= 4 is 46.4 Å². The maximum Gasteiger partial charge on any atom is 0.293 e. The maximum absolute atomic E-state index is 11.8. The third-order valence-electron chi connectivity index (χ3n) is 2.16. The van der Waals surface area contributed by atoms with Crippen LogP contribution in [0.25, 0.3) is 0 Å². The van der Waals surface area contributed by atoms with Gasteiger partial charge in [-0.2, -0.15) is 0 Å². The van der Waals surface area contributed by atoms with Crippen molar-refractivity contribution in [1.29, 1.82) is 0 Å². The summed E-state index contributed by atoms with van der Waals surface area (Å²) in [5.41, 5.74) is 0. The molecule has 0 unspecified atom stereocenters. The highest BCUT2D eigenvalue weighted by Gasteiger charge is 2.37. The second-order valence-corrected chi connectivity index (χ2v) is 6.44. The number of hydrogen-bond acceptors (Lipinski definition) is 7. The van der Waals surface area contributed by atoms with Crippen LogP contribution < -0.4 is 0 Å². The molecular formula is C9H5N3O2S3. The molecule has 0 atom stereocenters. The number of carbonyl (C=O) groups excluding carboxylic acids is 2. The molecule has 86 valence electrons. The van der Waals surface area contributed by atoms with Gasteiger partial charge >= 0.3 is 0 Å². The third kappa shape index (κ3) is 1.76. The van der Waals surface area contributed by atoms with Crippen LogP contribution in [0.5, 0.6) is 0 Å². The first-order valence-electron chi connectivity index (χ1n) is 4.57. The predicted octanol–water partition coefficient (Wildman–Crippen LogP) is 2.17. The molecule has 5 nitrogen and oxygen atoms in total. The lowest BCUT2D eigenvalue weighted by Crippen LogP contribution is -2.22. The molecule has 2 aliphatic heterocycles. The van der Waals surface area contributed by atoms with E-state index >= 15 is 0 Å². The topological polar surface area (TPSA) is 63.2 Å². The van der Waals surface area contributed by atoms with Crippen LogP contribution in [0.1, 0.15) is 0 Å². The molecule has 0 aromatic carbocycles. The van der Waals surface area contributed by atoms with Crippen LogP contribution in [-0.2, 0) is 4.79 Å². The van der Waals surface area contributed by atoms with Crippen LogP contribution in [0.3, 0.4) is 0 Å². The lowest BCUT2D eigenvalue weighted by molar-refractivity contribution is -0.121. The first-order valence-corrected chi connectivity index (χ1v) is 7.02. The van der Waals surface area contributed by atoms with Gasteiger partial charge in [-0.3, -0.25) is 14.5 Å². The molecule has 1 fully saturated rings. The van der Waals surface area contributed by atoms with E-state index in [-0.39, 0.29) is 11.1 Å². The van der Waals surface area contributed by atoms with Crippen molar-refractivity contribution in [3.63, 3.8) is 0 Å².